The Bertz CT molecular complexity index is 1570. The summed E-state index contributed by atoms with van der Waals surface area (Å²) in [5.74, 6) is -1.00. The summed E-state index contributed by atoms with van der Waals surface area (Å²) < 4.78 is 0. The lowest BCUT2D eigenvalue weighted by Crippen LogP contribution is -2.60. The molecule has 2 atom stereocenters. The van der Waals surface area contributed by atoms with Gasteiger partial charge in [0.25, 0.3) is 11.8 Å². The Hall–Kier alpha value is -4.20. The number of carbonyl (C=O) groups excluding carboxylic acids is 4. The molecule has 4 heterocycles. The lowest BCUT2D eigenvalue weighted by molar-refractivity contribution is -0.128. The molecule has 2 N–H and O–H groups in total. The predicted octanol–water partition coefficient (Wildman–Crippen LogP) is 4.80. The van der Waals surface area contributed by atoms with E-state index in [0.717, 1.165) is 44.8 Å². The number of carbonyl (C=O) groups is 4. The van der Waals surface area contributed by atoms with Gasteiger partial charge in [-0.05, 0) is 84.1 Å². The number of nitrogens with one attached hydrogen (secondary N) is 2. The first-order valence-corrected chi connectivity index (χ1v) is 14.8. The molecule has 4 amide bonds. The molecule has 4 aliphatic rings. The first-order valence-electron chi connectivity index (χ1n) is 14.8. The molecule has 4 aliphatic heterocycles. The van der Waals surface area contributed by atoms with Crippen LogP contribution in [0.4, 0.5) is 11.4 Å². The minimum absolute atomic E-state index is 0.191. The molecule has 0 radical (unpaired) electrons. The van der Waals surface area contributed by atoms with Crippen LogP contribution in [0.1, 0.15) is 80.3 Å². The monoisotopic (exact) mass is 580 g/mol. The second-order valence-corrected chi connectivity index (χ2v) is 14.2. The Kier molecular flexibility index (Phi) is 5.83. The summed E-state index contributed by atoms with van der Waals surface area (Å²) in [5, 5.41) is 6.01. The van der Waals surface area contributed by atoms with Gasteiger partial charge in [0, 0.05) is 46.2 Å². The zero-order valence-electron chi connectivity index (χ0n) is 26.4. The number of benzene rings is 2. The predicted molar refractivity (Wildman–Crippen MR) is 167 cm³/mol. The number of nitrogens with zero attached hydrogens (tertiary/aromatic N) is 2. The highest BCUT2D eigenvalue weighted by Crippen LogP contribution is 2.55. The van der Waals surface area contributed by atoms with E-state index in [1.54, 1.807) is 0 Å². The molecule has 2 saturated heterocycles. The van der Waals surface area contributed by atoms with Gasteiger partial charge in [-0.25, -0.2) is 0 Å². The zero-order valence-corrected chi connectivity index (χ0v) is 26.4. The maximum absolute atomic E-state index is 14.6. The van der Waals surface area contributed by atoms with Gasteiger partial charge in [0.2, 0.25) is 11.8 Å². The van der Waals surface area contributed by atoms with Crippen LogP contribution in [-0.4, -0.2) is 34.7 Å². The van der Waals surface area contributed by atoms with Gasteiger partial charge in [-0.2, -0.15) is 0 Å². The summed E-state index contributed by atoms with van der Waals surface area (Å²) in [6, 6.07) is 7.99. The first-order chi connectivity index (χ1) is 19.9. The number of aryl methyl sites for hydroxylation is 4. The maximum Gasteiger partial charge on any atom is 0.258 e. The van der Waals surface area contributed by atoms with E-state index in [1.165, 1.54) is 0 Å². The van der Waals surface area contributed by atoms with Crippen molar-refractivity contribution in [2.24, 2.45) is 0 Å². The third-order valence-corrected chi connectivity index (χ3v) is 9.94. The Morgan fingerprint density at radius 1 is 0.651 bits per heavy atom. The molecule has 2 spiro atoms. The molecule has 2 unspecified atom stereocenters. The van der Waals surface area contributed by atoms with E-state index < -0.39 is 22.2 Å². The maximum atomic E-state index is 14.6. The van der Waals surface area contributed by atoms with E-state index in [2.05, 4.69) is 23.8 Å². The highest BCUT2D eigenvalue weighted by molar-refractivity contribution is 6.17. The van der Waals surface area contributed by atoms with Crippen LogP contribution in [0.3, 0.4) is 0 Å². The molecule has 0 aromatic heterocycles. The Labute approximate surface area is 253 Å². The van der Waals surface area contributed by atoms with Crippen molar-refractivity contribution in [3.8, 4) is 0 Å². The number of anilines is 2. The third-order valence-electron chi connectivity index (χ3n) is 9.94. The molecule has 0 aliphatic carbocycles. The van der Waals surface area contributed by atoms with E-state index in [9.17, 15) is 19.2 Å². The van der Waals surface area contributed by atoms with Crippen LogP contribution in [-0.2, 0) is 30.3 Å². The van der Waals surface area contributed by atoms with Gasteiger partial charge in [0.15, 0.2) is 11.1 Å². The van der Waals surface area contributed by atoms with Gasteiger partial charge in [-0.3, -0.25) is 19.2 Å². The fourth-order valence-corrected chi connectivity index (χ4v) is 8.43. The highest BCUT2D eigenvalue weighted by Gasteiger charge is 2.63. The van der Waals surface area contributed by atoms with Gasteiger partial charge >= 0.3 is 0 Å². The topological polar surface area (TPSA) is 98.8 Å². The van der Waals surface area contributed by atoms with Crippen molar-refractivity contribution in [2.75, 3.05) is 9.80 Å². The van der Waals surface area contributed by atoms with Crippen LogP contribution in [0.25, 0.3) is 0 Å². The van der Waals surface area contributed by atoms with Gasteiger partial charge in [0.1, 0.15) is 0 Å². The quantitative estimate of drug-likeness (QED) is 0.508. The van der Waals surface area contributed by atoms with E-state index in [0.29, 0.717) is 17.6 Å². The summed E-state index contributed by atoms with van der Waals surface area (Å²) in [6.07, 6.45) is 0.827. The Morgan fingerprint density at radius 3 is 1.28 bits per heavy atom. The van der Waals surface area contributed by atoms with Crippen LogP contribution in [0.5, 0.6) is 0 Å². The van der Waals surface area contributed by atoms with Crippen molar-refractivity contribution in [2.45, 2.75) is 96.8 Å². The number of hydrogen-bond donors (Lipinski definition) is 2. The second-order valence-electron chi connectivity index (χ2n) is 14.2. The lowest BCUT2D eigenvalue weighted by Gasteiger charge is -2.46. The molecule has 43 heavy (non-hydrogen) atoms. The summed E-state index contributed by atoms with van der Waals surface area (Å²) in [5.41, 5.74) is 3.74. The summed E-state index contributed by atoms with van der Waals surface area (Å²) in [4.78, 5) is 58.4. The number of hydrogen-bond acceptors (Lipinski definition) is 4. The van der Waals surface area contributed by atoms with Gasteiger partial charge in [-0.1, -0.05) is 37.4 Å². The largest absolute Gasteiger partial charge is 0.334 e. The molecule has 2 fully saturated rings. The Morgan fingerprint density at radius 2 is 0.977 bits per heavy atom. The standard InChI is InChI=1S/C35H40N4O4/c1-18-11-13-20(3)26-24(18)34(15-22(5)28(40)36-34)30(42)38(26)32(7,8)17-33(9,10)39-27-21(4)14-12-19(2)25(27)35(31(39)43)16-23(6)29(41)37-35/h11-14H,5-6,15-17H2,1-4,7-10H3,(H,36,40)(H,37,41). The summed E-state index contributed by atoms with van der Waals surface area (Å²) >= 11 is 0. The van der Waals surface area contributed by atoms with Crippen molar-refractivity contribution < 1.29 is 19.2 Å². The molecule has 0 bridgehead atoms. The summed E-state index contributed by atoms with van der Waals surface area (Å²) in [7, 11) is 0. The SMILES string of the molecule is C=C1CC2(NC1=O)C(=O)N(C(C)(C)CC(C)(C)N1C(=O)C3(CC(=C)C(=O)N3)c3c(C)ccc(C)c31)c1c(C)ccc(C)c12. The molecule has 6 rings (SSSR count). The van der Waals surface area contributed by atoms with E-state index in [-0.39, 0.29) is 36.5 Å². The molecular weight excluding hydrogens is 540 g/mol. The average molecular weight is 581 g/mol. The fourth-order valence-electron chi connectivity index (χ4n) is 8.43. The van der Waals surface area contributed by atoms with E-state index >= 15 is 0 Å². The minimum atomic E-state index is -1.21. The van der Waals surface area contributed by atoms with E-state index in [1.807, 2.05) is 89.5 Å². The Balaban J connectivity index is 1.47. The van der Waals surface area contributed by atoms with Crippen molar-refractivity contribution in [3.63, 3.8) is 0 Å². The average Bonchev–Trinajstić information content (AvgIpc) is 3.54. The van der Waals surface area contributed by atoms with Crippen molar-refractivity contribution in [1.29, 1.82) is 0 Å². The number of rotatable bonds is 4. The van der Waals surface area contributed by atoms with Gasteiger partial charge in [0.05, 0.1) is 11.4 Å². The molecule has 0 saturated carbocycles. The number of fused-ring (bicyclic) bond motifs is 4. The molecule has 2 aromatic rings. The fraction of sp³-hybridized carbons (Fsp3) is 0.429. The molecular formula is C35H40N4O4. The highest BCUT2D eigenvalue weighted by atomic mass is 16.2. The van der Waals surface area contributed by atoms with Crippen LogP contribution in [0, 0.1) is 27.7 Å². The first kappa shape index (κ1) is 28.9. The van der Waals surface area contributed by atoms with Crippen molar-refractivity contribution in [3.05, 3.63) is 82.0 Å². The van der Waals surface area contributed by atoms with Crippen LogP contribution in [0.15, 0.2) is 48.6 Å². The normalized spacial score (nSPS) is 24.9. The molecule has 2 aromatic carbocycles. The zero-order chi connectivity index (χ0) is 31.6. The van der Waals surface area contributed by atoms with Crippen LogP contribution in [0.2, 0.25) is 0 Å². The lowest BCUT2D eigenvalue weighted by atomic mass is 9.83. The third kappa shape index (κ3) is 3.61. The van der Waals surface area contributed by atoms with Crippen molar-refractivity contribution >= 4 is 35.0 Å². The second kappa shape index (κ2) is 8.68. The van der Waals surface area contributed by atoms with E-state index in [4.69, 9.17) is 0 Å². The van der Waals surface area contributed by atoms with Gasteiger partial charge in [-0.15, -0.1) is 0 Å². The molecule has 224 valence electrons. The minimum Gasteiger partial charge on any atom is -0.334 e. The van der Waals surface area contributed by atoms with Crippen LogP contribution >= 0.6 is 0 Å². The van der Waals surface area contributed by atoms with Crippen LogP contribution < -0.4 is 20.4 Å². The van der Waals surface area contributed by atoms with Crippen molar-refractivity contribution in [1.82, 2.24) is 10.6 Å². The molecule has 8 nitrogen and oxygen atoms in total. The summed E-state index contributed by atoms with van der Waals surface area (Å²) in [6.45, 7) is 23.8. The number of amides is 4. The smallest absolute Gasteiger partial charge is 0.258 e. The van der Waals surface area contributed by atoms with Gasteiger partial charge < -0.3 is 20.4 Å². The molecule has 8 heteroatoms.